The van der Waals surface area contributed by atoms with Crippen molar-refractivity contribution in [2.24, 2.45) is 0 Å². The van der Waals surface area contributed by atoms with Crippen LogP contribution in [0.3, 0.4) is 0 Å². The highest BCUT2D eigenvalue weighted by atomic mass is 35.5. The number of benzene rings is 2. The average molecular weight is 428 g/mol. The Morgan fingerprint density at radius 2 is 1.79 bits per heavy atom. The molecule has 0 fully saturated rings. The van der Waals surface area contributed by atoms with Crippen LogP contribution in [-0.2, 0) is 13.2 Å². The van der Waals surface area contributed by atoms with E-state index in [1.165, 1.54) is 31.7 Å². The zero-order valence-electron chi connectivity index (χ0n) is 16.5. The molecule has 0 aliphatic carbocycles. The highest BCUT2D eigenvalue weighted by Gasteiger charge is 2.13. The van der Waals surface area contributed by atoms with E-state index in [0.717, 1.165) is 18.5 Å². The number of nitrogens with one attached hydrogen (secondary N) is 1. The van der Waals surface area contributed by atoms with Gasteiger partial charge in [0.2, 0.25) is 0 Å². The van der Waals surface area contributed by atoms with Gasteiger partial charge in [-0.05, 0) is 36.7 Å². The Kier molecular flexibility index (Phi) is 9.89. The molecule has 0 heterocycles. The molecule has 0 unspecified atom stereocenters. The number of rotatable bonds is 12. The molecule has 28 heavy (non-hydrogen) atoms. The molecule has 0 radical (unpaired) electrons. The summed E-state index contributed by atoms with van der Waals surface area (Å²) in [6, 6.07) is 8.10. The topological polar surface area (TPSA) is 30.5 Å². The van der Waals surface area contributed by atoms with Gasteiger partial charge in [0.05, 0.1) is 12.1 Å². The van der Waals surface area contributed by atoms with Gasteiger partial charge in [-0.15, -0.1) is 0 Å². The largest absolute Gasteiger partial charge is 0.493 e. The van der Waals surface area contributed by atoms with Gasteiger partial charge < -0.3 is 14.8 Å². The normalized spacial score (nSPS) is 10.9. The van der Waals surface area contributed by atoms with Crippen molar-refractivity contribution in [2.45, 2.75) is 52.2 Å². The molecule has 0 saturated heterocycles. The van der Waals surface area contributed by atoms with Gasteiger partial charge in [0, 0.05) is 23.2 Å². The predicted molar refractivity (Wildman–Crippen MR) is 114 cm³/mol. The first-order valence-electron chi connectivity index (χ1n) is 9.69. The summed E-state index contributed by atoms with van der Waals surface area (Å²) in [4.78, 5) is 0. The van der Waals surface area contributed by atoms with Crippen LogP contribution in [0.4, 0.5) is 4.39 Å². The fourth-order valence-corrected chi connectivity index (χ4v) is 3.32. The minimum absolute atomic E-state index is 0.00640. The summed E-state index contributed by atoms with van der Waals surface area (Å²) in [5.74, 6) is 0.601. The second-order valence-corrected chi connectivity index (χ2v) is 7.49. The minimum atomic E-state index is -0.405. The molecule has 0 aliphatic rings. The van der Waals surface area contributed by atoms with Crippen LogP contribution in [0.1, 0.15) is 50.2 Å². The molecular formula is C22H28Cl2FNO2. The zero-order chi connectivity index (χ0) is 20.4. The van der Waals surface area contributed by atoms with Gasteiger partial charge >= 0.3 is 0 Å². The first kappa shape index (κ1) is 22.8. The van der Waals surface area contributed by atoms with Gasteiger partial charge in [-0.1, -0.05) is 61.9 Å². The molecule has 0 spiro atoms. The fraction of sp³-hybridized carbons (Fsp3) is 0.455. The van der Waals surface area contributed by atoms with E-state index in [1.54, 1.807) is 25.3 Å². The van der Waals surface area contributed by atoms with Crippen LogP contribution >= 0.6 is 23.2 Å². The summed E-state index contributed by atoms with van der Waals surface area (Å²) in [6.45, 7) is 3.81. The third kappa shape index (κ3) is 6.84. The third-order valence-corrected chi connectivity index (χ3v) is 5.24. The summed E-state index contributed by atoms with van der Waals surface area (Å²) in [5, 5.41) is 4.32. The Hall–Kier alpha value is -1.49. The van der Waals surface area contributed by atoms with Gasteiger partial charge in [-0.25, -0.2) is 4.39 Å². The molecule has 0 saturated carbocycles. The second-order valence-electron chi connectivity index (χ2n) is 6.67. The van der Waals surface area contributed by atoms with E-state index < -0.39 is 5.82 Å². The van der Waals surface area contributed by atoms with Gasteiger partial charge in [-0.3, -0.25) is 0 Å². The first-order chi connectivity index (χ1) is 13.6. The molecule has 2 rings (SSSR count). The maximum atomic E-state index is 13.9. The fourth-order valence-electron chi connectivity index (χ4n) is 2.88. The van der Waals surface area contributed by atoms with Crippen molar-refractivity contribution < 1.29 is 13.9 Å². The van der Waals surface area contributed by atoms with E-state index in [-0.39, 0.29) is 6.61 Å². The summed E-state index contributed by atoms with van der Waals surface area (Å²) in [5.41, 5.74) is 1.24. The van der Waals surface area contributed by atoms with E-state index in [9.17, 15) is 4.39 Å². The summed E-state index contributed by atoms with van der Waals surface area (Å²) >= 11 is 12.5. The first-order valence-corrected chi connectivity index (χ1v) is 10.4. The lowest BCUT2D eigenvalue weighted by Gasteiger charge is -2.15. The van der Waals surface area contributed by atoms with E-state index in [2.05, 4.69) is 12.2 Å². The van der Waals surface area contributed by atoms with E-state index >= 15 is 0 Å². The molecule has 0 aromatic heterocycles. The van der Waals surface area contributed by atoms with Gasteiger partial charge in [-0.2, -0.15) is 0 Å². The SMILES string of the molecule is CCCCCCCNCc1cc(OC)c(OCc2c(F)cccc2Cl)cc1Cl. The lowest BCUT2D eigenvalue weighted by Crippen LogP contribution is -2.15. The Labute approximate surface area is 177 Å². The molecule has 3 nitrogen and oxygen atoms in total. The molecule has 2 aromatic carbocycles. The van der Waals surface area contributed by atoms with Crippen LogP contribution in [0.2, 0.25) is 10.0 Å². The highest BCUT2D eigenvalue weighted by molar-refractivity contribution is 6.31. The zero-order valence-corrected chi connectivity index (χ0v) is 18.0. The Bertz CT molecular complexity index is 735. The monoisotopic (exact) mass is 427 g/mol. The lowest BCUT2D eigenvalue weighted by molar-refractivity contribution is 0.279. The van der Waals surface area contributed by atoms with Crippen molar-refractivity contribution in [1.29, 1.82) is 0 Å². The molecule has 0 atom stereocenters. The quantitative estimate of drug-likeness (QED) is 0.378. The minimum Gasteiger partial charge on any atom is -0.493 e. The van der Waals surface area contributed by atoms with Crippen LogP contribution in [0.5, 0.6) is 11.5 Å². The van der Waals surface area contributed by atoms with Crippen molar-refractivity contribution >= 4 is 23.2 Å². The predicted octanol–water partition coefficient (Wildman–Crippen LogP) is 6.78. The van der Waals surface area contributed by atoms with Crippen molar-refractivity contribution in [2.75, 3.05) is 13.7 Å². The number of ether oxygens (including phenoxy) is 2. The summed E-state index contributed by atoms with van der Waals surface area (Å²) in [7, 11) is 1.57. The average Bonchev–Trinajstić information content (AvgIpc) is 2.68. The molecule has 0 bridgehead atoms. The summed E-state index contributed by atoms with van der Waals surface area (Å²) < 4.78 is 25.1. The van der Waals surface area contributed by atoms with Gasteiger partial charge in [0.1, 0.15) is 12.4 Å². The van der Waals surface area contributed by atoms with Crippen LogP contribution in [0.15, 0.2) is 30.3 Å². The molecule has 1 N–H and O–H groups in total. The van der Waals surface area contributed by atoms with Gasteiger partial charge in [0.25, 0.3) is 0 Å². The Morgan fingerprint density at radius 3 is 2.50 bits per heavy atom. The number of hydrogen-bond donors (Lipinski definition) is 1. The van der Waals surface area contributed by atoms with Crippen LogP contribution in [-0.4, -0.2) is 13.7 Å². The van der Waals surface area contributed by atoms with Crippen molar-refractivity contribution in [1.82, 2.24) is 5.32 Å². The van der Waals surface area contributed by atoms with Crippen LogP contribution < -0.4 is 14.8 Å². The second kappa shape index (κ2) is 12.2. The van der Waals surface area contributed by atoms with E-state index in [4.69, 9.17) is 32.7 Å². The van der Waals surface area contributed by atoms with Crippen molar-refractivity contribution in [3.8, 4) is 11.5 Å². The molecule has 0 aliphatic heterocycles. The Balaban J connectivity index is 1.95. The van der Waals surface area contributed by atoms with Gasteiger partial charge in [0.15, 0.2) is 11.5 Å². The van der Waals surface area contributed by atoms with Crippen molar-refractivity contribution in [3.05, 3.63) is 57.3 Å². The number of hydrogen-bond acceptors (Lipinski definition) is 3. The third-order valence-electron chi connectivity index (χ3n) is 4.54. The van der Waals surface area contributed by atoms with E-state index in [0.29, 0.717) is 33.7 Å². The maximum absolute atomic E-state index is 13.9. The highest BCUT2D eigenvalue weighted by Crippen LogP contribution is 2.34. The number of unbranched alkanes of at least 4 members (excludes halogenated alkanes) is 4. The summed E-state index contributed by atoms with van der Waals surface area (Å²) in [6.07, 6.45) is 6.22. The molecule has 6 heteroatoms. The molecule has 2 aromatic rings. The van der Waals surface area contributed by atoms with Crippen LogP contribution in [0, 0.1) is 5.82 Å². The number of halogens is 3. The number of methoxy groups -OCH3 is 1. The van der Waals surface area contributed by atoms with Crippen molar-refractivity contribution in [3.63, 3.8) is 0 Å². The standard InChI is InChI=1S/C22H28Cl2FNO2/c1-3-4-5-6-7-11-26-14-16-12-21(27-2)22(13-19(16)24)28-15-17-18(23)9-8-10-20(17)25/h8-10,12-13,26H,3-7,11,14-15H2,1-2H3. The lowest BCUT2D eigenvalue weighted by atomic mass is 10.1. The smallest absolute Gasteiger partial charge is 0.163 e. The molecular weight excluding hydrogens is 400 g/mol. The molecule has 0 amide bonds. The van der Waals surface area contributed by atoms with Crippen LogP contribution in [0.25, 0.3) is 0 Å². The molecule has 154 valence electrons. The Morgan fingerprint density at radius 1 is 1.00 bits per heavy atom. The van der Waals surface area contributed by atoms with E-state index in [1.807, 2.05) is 6.07 Å². The maximum Gasteiger partial charge on any atom is 0.163 e.